The number of esters is 2. The lowest BCUT2D eigenvalue weighted by Crippen LogP contribution is -2.22. The number of benzodiazepines with no additional fused rings is 1. The molecule has 0 aromatic heterocycles. The van der Waals surface area contributed by atoms with E-state index in [-0.39, 0.29) is 6.61 Å². The monoisotopic (exact) mass is 364 g/mol. The Hall–Kier alpha value is -3.41. The van der Waals surface area contributed by atoms with E-state index in [1.165, 1.54) is 13.0 Å². The molecular formula is C21H20N2O4. The Morgan fingerprint density at radius 3 is 2.52 bits per heavy atom. The van der Waals surface area contributed by atoms with Gasteiger partial charge in [-0.25, -0.2) is 9.79 Å². The summed E-state index contributed by atoms with van der Waals surface area (Å²) in [5.74, 6) is -1.04. The Labute approximate surface area is 157 Å². The lowest BCUT2D eigenvalue weighted by molar-refractivity contribution is -0.144. The fraction of sp³-hybridized carbons (Fsp3) is 0.190. The molecule has 2 aromatic rings. The second-order valence-electron chi connectivity index (χ2n) is 5.83. The number of benzene rings is 2. The molecule has 1 aliphatic rings. The fourth-order valence-corrected chi connectivity index (χ4v) is 2.76. The Bertz CT molecular complexity index is 903. The first-order valence-electron chi connectivity index (χ1n) is 8.63. The Morgan fingerprint density at radius 2 is 1.81 bits per heavy atom. The molecule has 0 fully saturated rings. The lowest BCUT2D eigenvalue weighted by atomic mass is 10.0. The van der Waals surface area contributed by atoms with E-state index in [4.69, 9.17) is 9.47 Å². The smallest absolute Gasteiger partial charge is 0.332 e. The van der Waals surface area contributed by atoms with E-state index in [0.29, 0.717) is 11.4 Å². The second-order valence-corrected chi connectivity index (χ2v) is 5.83. The summed E-state index contributed by atoms with van der Waals surface area (Å²) in [5.41, 5.74) is 3.47. The van der Waals surface area contributed by atoms with Gasteiger partial charge < -0.3 is 14.8 Å². The van der Waals surface area contributed by atoms with E-state index < -0.39 is 18.2 Å². The highest BCUT2D eigenvalue weighted by molar-refractivity contribution is 6.16. The minimum atomic E-state index is -0.991. The van der Waals surface area contributed by atoms with Crippen LogP contribution in [0.4, 0.5) is 5.69 Å². The van der Waals surface area contributed by atoms with Crippen molar-refractivity contribution in [3.8, 4) is 0 Å². The predicted molar refractivity (Wildman–Crippen MR) is 102 cm³/mol. The zero-order valence-corrected chi connectivity index (χ0v) is 15.1. The third kappa shape index (κ3) is 4.41. The summed E-state index contributed by atoms with van der Waals surface area (Å²) in [6.45, 7) is 3.27. The van der Waals surface area contributed by atoms with Gasteiger partial charge in [-0.3, -0.25) is 4.79 Å². The molecular weight excluding hydrogens is 344 g/mol. The SMILES string of the molecule is CCOC(=O)/C=C1\Nc2ccccc2C(c2ccccc2)=NC1OC(C)=O. The van der Waals surface area contributed by atoms with Gasteiger partial charge in [0.2, 0.25) is 6.23 Å². The molecule has 0 radical (unpaired) electrons. The van der Waals surface area contributed by atoms with Crippen molar-refractivity contribution >= 4 is 23.3 Å². The third-order valence-corrected chi connectivity index (χ3v) is 3.86. The van der Waals surface area contributed by atoms with Crippen LogP contribution in [-0.2, 0) is 19.1 Å². The molecule has 0 spiro atoms. The molecule has 0 saturated carbocycles. The van der Waals surface area contributed by atoms with Gasteiger partial charge in [0.05, 0.1) is 18.0 Å². The Morgan fingerprint density at radius 1 is 1.11 bits per heavy atom. The van der Waals surface area contributed by atoms with Crippen LogP contribution in [0.2, 0.25) is 0 Å². The highest BCUT2D eigenvalue weighted by Crippen LogP contribution is 2.28. The van der Waals surface area contributed by atoms with E-state index in [1.807, 2.05) is 54.6 Å². The number of nitrogens with zero attached hydrogens (tertiary/aromatic N) is 1. The maximum atomic E-state index is 12.0. The van der Waals surface area contributed by atoms with Crippen LogP contribution >= 0.6 is 0 Å². The summed E-state index contributed by atoms with van der Waals surface area (Å²) in [6.07, 6.45) is 0.278. The average molecular weight is 364 g/mol. The van der Waals surface area contributed by atoms with Gasteiger partial charge in [-0.15, -0.1) is 0 Å². The van der Waals surface area contributed by atoms with Gasteiger partial charge in [0.25, 0.3) is 0 Å². The van der Waals surface area contributed by atoms with E-state index in [1.54, 1.807) is 6.92 Å². The van der Waals surface area contributed by atoms with Crippen LogP contribution in [-0.4, -0.2) is 30.5 Å². The summed E-state index contributed by atoms with van der Waals surface area (Å²) >= 11 is 0. The summed E-state index contributed by atoms with van der Waals surface area (Å²) in [5, 5.41) is 3.17. The number of nitrogens with one attached hydrogen (secondary N) is 1. The molecule has 6 heteroatoms. The lowest BCUT2D eigenvalue weighted by Gasteiger charge is -2.16. The minimum Gasteiger partial charge on any atom is -0.463 e. The van der Waals surface area contributed by atoms with Crippen molar-refractivity contribution in [2.24, 2.45) is 4.99 Å². The van der Waals surface area contributed by atoms with Crippen molar-refractivity contribution in [1.29, 1.82) is 0 Å². The number of hydrogen-bond acceptors (Lipinski definition) is 6. The van der Waals surface area contributed by atoms with Crippen LogP contribution < -0.4 is 5.32 Å². The van der Waals surface area contributed by atoms with Crippen molar-refractivity contribution in [3.05, 3.63) is 77.5 Å². The normalized spacial score (nSPS) is 17.2. The van der Waals surface area contributed by atoms with E-state index in [9.17, 15) is 9.59 Å². The molecule has 0 saturated heterocycles. The first-order chi connectivity index (χ1) is 13.1. The Kier molecular flexibility index (Phi) is 5.66. The largest absolute Gasteiger partial charge is 0.463 e. The topological polar surface area (TPSA) is 77.0 Å². The van der Waals surface area contributed by atoms with Gasteiger partial charge in [0.1, 0.15) is 0 Å². The summed E-state index contributed by atoms with van der Waals surface area (Å²) in [4.78, 5) is 28.3. The molecule has 1 unspecified atom stereocenters. The number of aliphatic imine (C=N–C) groups is 1. The molecule has 0 amide bonds. The molecule has 0 aliphatic carbocycles. The van der Waals surface area contributed by atoms with Gasteiger partial charge >= 0.3 is 11.9 Å². The van der Waals surface area contributed by atoms with Gasteiger partial charge in [-0.2, -0.15) is 0 Å². The maximum Gasteiger partial charge on any atom is 0.332 e. The highest BCUT2D eigenvalue weighted by Gasteiger charge is 2.26. The maximum absolute atomic E-state index is 12.0. The van der Waals surface area contributed by atoms with Crippen molar-refractivity contribution in [1.82, 2.24) is 0 Å². The number of ether oxygens (including phenoxy) is 2. The van der Waals surface area contributed by atoms with Crippen molar-refractivity contribution < 1.29 is 19.1 Å². The van der Waals surface area contributed by atoms with Crippen molar-refractivity contribution in [2.45, 2.75) is 20.1 Å². The van der Waals surface area contributed by atoms with Crippen LogP contribution in [0.3, 0.4) is 0 Å². The highest BCUT2D eigenvalue weighted by atomic mass is 16.6. The van der Waals surface area contributed by atoms with Gasteiger partial charge in [-0.05, 0) is 13.0 Å². The number of para-hydroxylation sites is 1. The second kappa shape index (κ2) is 8.31. The molecule has 138 valence electrons. The minimum absolute atomic E-state index is 0.246. The number of carbonyl (C=O) groups excluding carboxylic acids is 2. The van der Waals surface area contributed by atoms with Crippen LogP contribution in [0.25, 0.3) is 0 Å². The quantitative estimate of drug-likeness (QED) is 0.665. The first-order valence-corrected chi connectivity index (χ1v) is 8.63. The van der Waals surface area contributed by atoms with Crippen LogP contribution in [0.1, 0.15) is 25.0 Å². The Balaban J connectivity index is 2.15. The van der Waals surface area contributed by atoms with Gasteiger partial charge in [0, 0.05) is 29.8 Å². The molecule has 1 aliphatic heterocycles. The van der Waals surface area contributed by atoms with E-state index in [0.717, 1.165) is 16.8 Å². The first kappa shape index (κ1) is 18.4. The van der Waals surface area contributed by atoms with Crippen LogP contribution in [0.15, 0.2) is 71.4 Å². The van der Waals surface area contributed by atoms with Gasteiger partial charge in [-0.1, -0.05) is 48.5 Å². The molecule has 0 bridgehead atoms. The number of rotatable bonds is 4. The molecule has 3 rings (SSSR count). The number of hydrogen-bond donors (Lipinski definition) is 1. The standard InChI is InChI=1S/C21H20N2O4/c1-3-26-19(25)13-18-21(27-14(2)24)23-20(15-9-5-4-6-10-15)16-11-7-8-12-17(16)22-18/h4-13,21-22H,3H2,1-2H3/b18-13-. The number of anilines is 1. The summed E-state index contributed by atoms with van der Waals surface area (Å²) < 4.78 is 10.4. The average Bonchev–Trinajstić information content (AvgIpc) is 2.80. The van der Waals surface area contributed by atoms with E-state index in [2.05, 4.69) is 10.3 Å². The van der Waals surface area contributed by atoms with Crippen LogP contribution in [0, 0.1) is 0 Å². The number of carbonyl (C=O) groups is 2. The summed E-state index contributed by atoms with van der Waals surface area (Å²) in [6, 6.07) is 17.2. The van der Waals surface area contributed by atoms with Crippen molar-refractivity contribution in [3.63, 3.8) is 0 Å². The molecule has 1 atom stereocenters. The predicted octanol–water partition coefficient (Wildman–Crippen LogP) is 3.29. The fourth-order valence-electron chi connectivity index (χ4n) is 2.76. The zero-order chi connectivity index (χ0) is 19.2. The molecule has 2 aromatic carbocycles. The van der Waals surface area contributed by atoms with E-state index >= 15 is 0 Å². The molecule has 6 nitrogen and oxygen atoms in total. The summed E-state index contributed by atoms with van der Waals surface area (Å²) in [7, 11) is 0. The molecule has 1 N–H and O–H groups in total. The zero-order valence-electron chi connectivity index (χ0n) is 15.1. The third-order valence-electron chi connectivity index (χ3n) is 3.86. The van der Waals surface area contributed by atoms with Gasteiger partial charge in [0.15, 0.2) is 0 Å². The molecule has 27 heavy (non-hydrogen) atoms. The van der Waals surface area contributed by atoms with Crippen molar-refractivity contribution in [2.75, 3.05) is 11.9 Å². The van der Waals surface area contributed by atoms with Crippen LogP contribution in [0.5, 0.6) is 0 Å². The molecule has 1 heterocycles. The number of fused-ring (bicyclic) bond motifs is 1.